The second-order valence-electron chi connectivity index (χ2n) is 4.72. The van der Waals surface area contributed by atoms with Gasteiger partial charge in [-0.1, -0.05) is 12.1 Å². The molecule has 1 heterocycles. The number of benzene rings is 1. The SMILES string of the molecule is CC1CN(S(=O)(=O)c2ccccc2F)CC(C)N1. The number of rotatable bonds is 2. The van der Waals surface area contributed by atoms with Crippen LogP contribution in [0.15, 0.2) is 29.2 Å². The molecule has 0 spiro atoms. The van der Waals surface area contributed by atoms with Gasteiger partial charge in [0.05, 0.1) is 0 Å². The van der Waals surface area contributed by atoms with Crippen LogP contribution in [0.2, 0.25) is 0 Å². The lowest BCUT2D eigenvalue weighted by molar-refractivity contribution is 0.262. The first-order valence-corrected chi connectivity index (χ1v) is 7.36. The van der Waals surface area contributed by atoms with Crippen molar-refractivity contribution in [1.82, 2.24) is 9.62 Å². The highest BCUT2D eigenvalue weighted by atomic mass is 32.2. The molecular formula is C12H17FN2O2S. The Hall–Kier alpha value is -0.980. The summed E-state index contributed by atoms with van der Waals surface area (Å²) in [5, 5.41) is 3.25. The fourth-order valence-corrected chi connectivity index (χ4v) is 3.95. The van der Waals surface area contributed by atoms with Crippen molar-refractivity contribution >= 4 is 10.0 Å². The largest absolute Gasteiger partial charge is 0.309 e. The average Bonchev–Trinajstić information content (AvgIpc) is 2.28. The summed E-state index contributed by atoms with van der Waals surface area (Å²) in [5.41, 5.74) is 0. The van der Waals surface area contributed by atoms with Crippen LogP contribution in [0, 0.1) is 5.82 Å². The predicted octanol–water partition coefficient (Wildman–Crippen LogP) is 1.20. The van der Waals surface area contributed by atoms with Crippen molar-refractivity contribution < 1.29 is 12.8 Å². The van der Waals surface area contributed by atoms with E-state index in [0.29, 0.717) is 13.1 Å². The highest BCUT2D eigenvalue weighted by Crippen LogP contribution is 2.21. The number of sulfonamides is 1. The van der Waals surface area contributed by atoms with Crippen LogP contribution in [0.25, 0.3) is 0 Å². The second-order valence-corrected chi connectivity index (χ2v) is 6.63. The summed E-state index contributed by atoms with van der Waals surface area (Å²) in [6.07, 6.45) is 0. The number of nitrogens with zero attached hydrogens (tertiary/aromatic N) is 1. The minimum Gasteiger partial charge on any atom is -0.309 e. The summed E-state index contributed by atoms with van der Waals surface area (Å²) < 4.78 is 39.7. The molecule has 0 amide bonds. The van der Waals surface area contributed by atoms with Crippen LogP contribution >= 0.6 is 0 Å². The Morgan fingerprint density at radius 2 is 1.78 bits per heavy atom. The quantitative estimate of drug-likeness (QED) is 0.880. The van der Waals surface area contributed by atoms with Crippen molar-refractivity contribution in [1.29, 1.82) is 0 Å². The molecule has 2 atom stereocenters. The van der Waals surface area contributed by atoms with Gasteiger partial charge in [-0.15, -0.1) is 0 Å². The lowest BCUT2D eigenvalue weighted by atomic mass is 10.2. The highest BCUT2D eigenvalue weighted by Gasteiger charge is 2.32. The maximum absolute atomic E-state index is 13.6. The first-order chi connectivity index (χ1) is 8.41. The second kappa shape index (κ2) is 4.95. The van der Waals surface area contributed by atoms with E-state index < -0.39 is 15.8 Å². The summed E-state index contributed by atoms with van der Waals surface area (Å²) >= 11 is 0. The third-order valence-electron chi connectivity index (χ3n) is 2.98. The van der Waals surface area contributed by atoms with E-state index in [4.69, 9.17) is 0 Å². The molecule has 1 N–H and O–H groups in total. The summed E-state index contributed by atoms with van der Waals surface area (Å²) in [6, 6.07) is 5.62. The topological polar surface area (TPSA) is 49.4 Å². The van der Waals surface area contributed by atoms with Gasteiger partial charge in [0.15, 0.2) is 0 Å². The van der Waals surface area contributed by atoms with Crippen LogP contribution < -0.4 is 5.32 Å². The van der Waals surface area contributed by atoms with Gasteiger partial charge in [0.25, 0.3) is 0 Å². The van der Waals surface area contributed by atoms with Gasteiger partial charge in [0, 0.05) is 25.2 Å². The van der Waals surface area contributed by atoms with E-state index in [1.165, 1.54) is 28.6 Å². The fourth-order valence-electron chi connectivity index (χ4n) is 2.27. The highest BCUT2D eigenvalue weighted by molar-refractivity contribution is 7.89. The van der Waals surface area contributed by atoms with Crippen LogP contribution in [0.4, 0.5) is 4.39 Å². The van der Waals surface area contributed by atoms with Crippen LogP contribution in [-0.2, 0) is 10.0 Å². The Labute approximate surface area is 107 Å². The van der Waals surface area contributed by atoms with Gasteiger partial charge in [-0.05, 0) is 26.0 Å². The number of hydrogen-bond donors (Lipinski definition) is 1. The molecule has 0 aliphatic carbocycles. The summed E-state index contributed by atoms with van der Waals surface area (Å²) in [4.78, 5) is -0.244. The number of hydrogen-bond acceptors (Lipinski definition) is 3. The zero-order chi connectivity index (χ0) is 13.3. The van der Waals surface area contributed by atoms with Crippen molar-refractivity contribution in [3.05, 3.63) is 30.1 Å². The van der Waals surface area contributed by atoms with Crippen LogP contribution in [0.5, 0.6) is 0 Å². The Morgan fingerprint density at radius 1 is 1.22 bits per heavy atom. The minimum absolute atomic E-state index is 0.0651. The average molecular weight is 272 g/mol. The van der Waals surface area contributed by atoms with E-state index in [1.54, 1.807) is 0 Å². The summed E-state index contributed by atoms with van der Waals surface area (Å²) in [5.74, 6) is -0.698. The van der Waals surface area contributed by atoms with Gasteiger partial charge in [-0.3, -0.25) is 0 Å². The van der Waals surface area contributed by atoms with Gasteiger partial charge in [-0.2, -0.15) is 4.31 Å². The van der Waals surface area contributed by atoms with Gasteiger partial charge in [0.1, 0.15) is 10.7 Å². The fraction of sp³-hybridized carbons (Fsp3) is 0.500. The molecule has 0 radical (unpaired) electrons. The van der Waals surface area contributed by atoms with Crippen molar-refractivity contribution in [2.24, 2.45) is 0 Å². The Bertz CT molecular complexity index is 523. The van der Waals surface area contributed by atoms with E-state index in [0.717, 1.165) is 0 Å². The summed E-state index contributed by atoms with van der Waals surface area (Å²) in [6.45, 7) is 4.56. The predicted molar refractivity (Wildman–Crippen MR) is 67.2 cm³/mol. The molecule has 4 nitrogen and oxygen atoms in total. The lowest BCUT2D eigenvalue weighted by Gasteiger charge is -2.35. The molecule has 2 rings (SSSR count). The van der Waals surface area contributed by atoms with Crippen molar-refractivity contribution in [3.8, 4) is 0 Å². The first-order valence-electron chi connectivity index (χ1n) is 5.92. The zero-order valence-electron chi connectivity index (χ0n) is 10.4. The smallest absolute Gasteiger partial charge is 0.246 e. The molecule has 18 heavy (non-hydrogen) atoms. The number of nitrogens with one attached hydrogen (secondary N) is 1. The van der Waals surface area contributed by atoms with Crippen molar-refractivity contribution in [2.45, 2.75) is 30.8 Å². The van der Waals surface area contributed by atoms with E-state index in [1.807, 2.05) is 13.8 Å². The van der Waals surface area contributed by atoms with Crippen LogP contribution in [0.1, 0.15) is 13.8 Å². The molecule has 1 fully saturated rings. The molecule has 1 aromatic carbocycles. The molecule has 1 aliphatic rings. The standard InChI is InChI=1S/C12H17FN2O2S/c1-9-7-15(8-10(2)14-9)18(16,17)12-6-4-3-5-11(12)13/h3-6,9-10,14H,7-8H2,1-2H3. The zero-order valence-corrected chi connectivity index (χ0v) is 11.2. The molecule has 1 aromatic rings. The van der Waals surface area contributed by atoms with Crippen LogP contribution in [0.3, 0.4) is 0 Å². The van der Waals surface area contributed by atoms with E-state index in [2.05, 4.69) is 5.32 Å². The van der Waals surface area contributed by atoms with E-state index in [9.17, 15) is 12.8 Å². The molecule has 2 unspecified atom stereocenters. The van der Waals surface area contributed by atoms with Gasteiger partial charge < -0.3 is 5.32 Å². The molecule has 0 saturated carbocycles. The van der Waals surface area contributed by atoms with E-state index in [-0.39, 0.29) is 17.0 Å². The van der Waals surface area contributed by atoms with Gasteiger partial charge in [-0.25, -0.2) is 12.8 Å². The molecule has 1 aliphatic heterocycles. The normalized spacial score (nSPS) is 26.2. The Balaban J connectivity index is 2.34. The Kier molecular flexibility index (Phi) is 3.70. The van der Waals surface area contributed by atoms with Crippen LogP contribution in [-0.4, -0.2) is 37.9 Å². The molecule has 0 bridgehead atoms. The molecule has 0 aromatic heterocycles. The monoisotopic (exact) mass is 272 g/mol. The molecule has 100 valence electrons. The maximum Gasteiger partial charge on any atom is 0.246 e. The molecule has 1 saturated heterocycles. The minimum atomic E-state index is -3.74. The number of piperazine rings is 1. The number of halogens is 1. The Morgan fingerprint density at radius 3 is 2.33 bits per heavy atom. The van der Waals surface area contributed by atoms with Gasteiger partial charge >= 0.3 is 0 Å². The molecular weight excluding hydrogens is 255 g/mol. The molecule has 6 heteroatoms. The van der Waals surface area contributed by atoms with E-state index >= 15 is 0 Å². The van der Waals surface area contributed by atoms with Gasteiger partial charge in [0.2, 0.25) is 10.0 Å². The first kappa shape index (κ1) is 13.5. The maximum atomic E-state index is 13.6. The third-order valence-corrected chi connectivity index (χ3v) is 4.84. The van der Waals surface area contributed by atoms with Crippen molar-refractivity contribution in [3.63, 3.8) is 0 Å². The summed E-state index contributed by atoms with van der Waals surface area (Å²) in [7, 11) is -3.74. The van der Waals surface area contributed by atoms with Crippen molar-refractivity contribution in [2.75, 3.05) is 13.1 Å². The third kappa shape index (κ3) is 2.55. The lowest BCUT2D eigenvalue weighted by Crippen LogP contribution is -2.55.